The molecule has 1 aromatic carbocycles. The molecule has 0 aliphatic carbocycles. The predicted molar refractivity (Wildman–Crippen MR) is 77.8 cm³/mol. The number of nitriles is 1. The standard InChI is InChI=1S/C14H13BN4O/c1-9-10(2)18-19-14(17-9)13(20-15)12(8-16)11-6-4-3-5-7-11/h3-7H,15H2,1-2H3. The van der Waals surface area contributed by atoms with Crippen LogP contribution in [0.1, 0.15) is 22.8 Å². The second kappa shape index (κ2) is 5.98. The van der Waals surface area contributed by atoms with E-state index >= 15 is 0 Å². The maximum absolute atomic E-state index is 9.40. The quantitative estimate of drug-likeness (QED) is 0.476. The second-order valence-corrected chi connectivity index (χ2v) is 4.19. The van der Waals surface area contributed by atoms with Crippen LogP contribution in [-0.4, -0.2) is 23.2 Å². The summed E-state index contributed by atoms with van der Waals surface area (Å²) in [5.41, 5.74) is 2.66. The van der Waals surface area contributed by atoms with Crippen LogP contribution in [0.25, 0.3) is 11.3 Å². The maximum Gasteiger partial charge on any atom is 0.322 e. The minimum absolute atomic E-state index is 0.316. The summed E-state index contributed by atoms with van der Waals surface area (Å²) in [7, 11) is 1.49. The van der Waals surface area contributed by atoms with Gasteiger partial charge in [0.25, 0.3) is 0 Å². The van der Waals surface area contributed by atoms with Gasteiger partial charge in [-0.05, 0) is 19.4 Å². The van der Waals surface area contributed by atoms with Gasteiger partial charge in [-0.2, -0.15) is 10.4 Å². The monoisotopic (exact) mass is 264 g/mol. The summed E-state index contributed by atoms with van der Waals surface area (Å²) < 4.78 is 5.33. The molecule has 98 valence electrons. The van der Waals surface area contributed by atoms with E-state index in [1.807, 2.05) is 44.2 Å². The van der Waals surface area contributed by atoms with Gasteiger partial charge < -0.3 is 4.65 Å². The molecule has 0 amide bonds. The molecule has 2 rings (SSSR count). The normalized spacial score (nSPS) is 11.4. The van der Waals surface area contributed by atoms with Crippen LogP contribution in [0.15, 0.2) is 30.3 Å². The highest BCUT2D eigenvalue weighted by atomic mass is 16.4. The molecule has 0 aliphatic heterocycles. The first-order chi connectivity index (χ1) is 9.67. The largest absolute Gasteiger partial charge is 0.564 e. The van der Waals surface area contributed by atoms with Gasteiger partial charge in [-0.1, -0.05) is 30.3 Å². The molecule has 0 spiro atoms. The highest BCUT2D eigenvalue weighted by molar-refractivity contribution is 6.05. The van der Waals surface area contributed by atoms with Gasteiger partial charge >= 0.3 is 8.05 Å². The zero-order valence-corrected chi connectivity index (χ0v) is 11.6. The number of nitrogens with zero attached hydrogens (tertiary/aromatic N) is 4. The molecule has 0 radical (unpaired) electrons. The third-order valence-corrected chi connectivity index (χ3v) is 2.90. The van der Waals surface area contributed by atoms with Crippen molar-refractivity contribution in [3.63, 3.8) is 0 Å². The lowest BCUT2D eigenvalue weighted by molar-refractivity contribution is 0.562. The van der Waals surface area contributed by atoms with Crippen molar-refractivity contribution in [2.75, 3.05) is 0 Å². The molecule has 2 aromatic rings. The molecule has 0 saturated carbocycles. The zero-order valence-electron chi connectivity index (χ0n) is 11.6. The fourth-order valence-electron chi connectivity index (χ4n) is 1.71. The molecular formula is C14H13BN4O. The molecule has 0 unspecified atom stereocenters. The van der Waals surface area contributed by atoms with E-state index in [0.29, 0.717) is 17.2 Å². The zero-order chi connectivity index (χ0) is 14.5. The van der Waals surface area contributed by atoms with E-state index < -0.39 is 0 Å². The minimum atomic E-state index is 0.316. The van der Waals surface area contributed by atoms with Crippen molar-refractivity contribution in [1.29, 1.82) is 5.26 Å². The van der Waals surface area contributed by atoms with E-state index in [-0.39, 0.29) is 0 Å². The van der Waals surface area contributed by atoms with Crippen molar-refractivity contribution in [2.45, 2.75) is 13.8 Å². The molecule has 6 heteroatoms. The van der Waals surface area contributed by atoms with Crippen molar-refractivity contribution >= 4 is 19.4 Å². The minimum Gasteiger partial charge on any atom is -0.564 e. The van der Waals surface area contributed by atoms with Crippen molar-refractivity contribution in [1.82, 2.24) is 15.2 Å². The molecule has 0 atom stereocenters. The topological polar surface area (TPSA) is 71.7 Å². The Morgan fingerprint density at radius 1 is 1.15 bits per heavy atom. The van der Waals surface area contributed by atoms with Gasteiger partial charge in [0.15, 0.2) is 5.76 Å². The predicted octanol–water partition coefficient (Wildman–Crippen LogP) is 1.45. The summed E-state index contributed by atoms with van der Waals surface area (Å²) in [5.74, 6) is 0.644. The fourth-order valence-corrected chi connectivity index (χ4v) is 1.71. The summed E-state index contributed by atoms with van der Waals surface area (Å²) in [6.07, 6.45) is 0. The number of aromatic nitrogens is 3. The Morgan fingerprint density at radius 3 is 2.40 bits per heavy atom. The Balaban J connectivity index is 2.62. The summed E-state index contributed by atoms with van der Waals surface area (Å²) in [5, 5.41) is 17.4. The molecule has 1 aromatic heterocycles. The summed E-state index contributed by atoms with van der Waals surface area (Å²) in [6.45, 7) is 3.67. The number of allylic oxidation sites excluding steroid dienone is 1. The third-order valence-electron chi connectivity index (χ3n) is 2.90. The molecule has 0 fully saturated rings. The fraction of sp³-hybridized carbons (Fsp3) is 0.143. The molecule has 0 bridgehead atoms. The number of hydrogen-bond acceptors (Lipinski definition) is 5. The van der Waals surface area contributed by atoms with Gasteiger partial charge in [-0.25, -0.2) is 4.98 Å². The average molecular weight is 264 g/mol. The van der Waals surface area contributed by atoms with Crippen LogP contribution in [0.2, 0.25) is 0 Å². The first-order valence-electron chi connectivity index (χ1n) is 6.09. The number of aryl methyl sites for hydroxylation is 2. The number of hydrogen-bond donors (Lipinski definition) is 0. The summed E-state index contributed by atoms with van der Waals surface area (Å²) in [4.78, 5) is 4.33. The van der Waals surface area contributed by atoms with Crippen molar-refractivity contribution in [3.8, 4) is 6.07 Å². The summed E-state index contributed by atoms with van der Waals surface area (Å²) in [6, 6.07) is 11.4. The van der Waals surface area contributed by atoms with Gasteiger partial charge in [-0.3, -0.25) is 0 Å². The van der Waals surface area contributed by atoms with E-state index in [4.69, 9.17) is 4.65 Å². The second-order valence-electron chi connectivity index (χ2n) is 4.19. The van der Waals surface area contributed by atoms with Crippen LogP contribution >= 0.6 is 0 Å². The van der Waals surface area contributed by atoms with Gasteiger partial charge in [0.05, 0.1) is 11.4 Å². The molecule has 0 saturated heterocycles. The van der Waals surface area contributed by atoms with Gasteiger partial charge in [0.2, 0.25) is 5.82 Å². The van der Waals surface area contributed by atoms with Crippen LogP contribution in [0.4, 0.5) is 0 Å². The Labute approximate surface area is 118 Å². The van der Waals surface area contributed by atoms with Crippen molar-refractivity contribution in [2.24, 2.45) is 0 Å². The molecule has 1 heterocycles. The van der Waals surface area contributed by atoms with Crippen LogP contribution in [-0.2, 0) is 4.65 Å². The van der Waals surface area contributed by atoms with Gasteiger partial charge in [0, 0.05) is 0 Å². The van der Waals surface area contributed by atoms with Crippen molar-refractivity contribution < 1.29 is 4.65 Å². The van der Waals surface area contributed by atoms with Crippen LogP contribution in [0, 0.1) is 25.2 Å². The third kappa shape index (κ3) is 2.67. The first kappa shape index (κ1) is 13.7. The molecule has 20 heavy (non-hydrogen) atoms. The van der Waals surface area contributed by atoms with E-state index in [9.17, 15) is 5.26 Å². The Morgan fingerprint density at radius 2 is 1.85 bits per heavy atom. The lowest BCUT2D eigenvalue weighted by Crippen LogP contribution is -2.05. The Bertz CT molecular complexity index is 692. The van der Waals surface area contributed by atoms with Gasteiger partial charge in [0.1, 0.15) is 11.6 Å². The first-order valence-corrected chi connectivity index (χ1v) is 6.09. The number of rotatable bonds is 3. The average Bonchev–Trinajstić information content (AvgIpc) is 2.48. The lowest BCUT2D eigenvalue weighted by atomic mass is 10.1. The molecule has 0 aliphatic rings. The molecule has 0 N–H and O–H groups in total. The van der Waals surface area contributed by atoms with Crippen LogP contribution < -0.4 is 0 Å². The lowest BCUT2D eigenvalue weighted by Gasteiger charge is -2.09. The van der Waals surface area contributed by atoms with E-state index in [2.05, 4.69) is 21.3 Å². The van der Waals surface area contributed by atoms with E-state index in [0.717, 1.165) is 17.0 Å². The highest BCUT2D eigenvalue weighted by Crippen LogP contribution is 2.24. The smallest absolute Gasteiger partial charge is 0.322 e. The Hall–Kier alpha value is -2.68. The van der Waals surface area contributed by atoms with Crippen LogP contribution in [0.5, 0.6) is 0 Å². The van der Waals surface area contributed by atoms with E-state index in [1.54, 1.807) is 0 Å². The Kier molecular flexibility index (Phi) is 4.11. The highest BCUT2D eigenvalue weighted by Gasteiger charge is 2.15. The summed E-state index contributed by atoms with van der Waals surface area (Å²) >= 11 is 0. The van der Waals surface area contributed by atoms with Gasteiger partial charge in [-0.15, -0.1) is 5.10 Å². The van der Waals surface area contributed by atoms with Crippen LogP contribution in [0.3, 0.4) is 0 Å². The molecule has 5 nitrogen and oxygen atoms in total. The maximum atomic E-state index is 9.40. The SMILES string of the molecule is BOC(=C(C#N)c1ccccc1)c1nnc(C)c(C)n1. The van der Waals surface area contributed by atoms with Crippen molar-refractivity contribution in [3.05, 3.63) is 53.1 Å². The number of benzene rings is 1. The van der Waals surface area contributed by atoms with E-state index in [1.165, 1.54) is 8.05 Å². The molecular weight excluding hydrogens is 251 g/mol.